The molecule has 2 N–H and O–H groups in total. The van der Waals surface area contributed by atoms with Gasteiger partial charge in [-0.2, -0.15) is 0 Å². The lowest BCUT2D eigenvalue weighted by Gasteiger charge is -2.22. The Morgan fingerprint density at radius 1 is 0.784 bits per heavy atom. The molecule has 0 radical (unpaired) electrons. The highest BCUT2D eigenvalue weighted by Gasteiger charge is 2.28. The molecule has 3 aromatic carbocycles. The zero-order valence-electron chi connectivity index (χ0n) is 20.2. The van der Waals surface area contributed by atoms with E-state index in [4.69, 9.17) is 9.47 Å². The summed E-state index contributed by atoms with van der Waals surface area (Å²) in [4.78, 5) is 48.6. The van der Waals surface area contributed by atoms with Crippen molar-refractivity contribution in [3.8, 4) is 0 Å². The average Bonchev–Trinajstić information content (AvgIpc) is 2.92. The summed E-state index contributed by atoms with van der Waals surface area (Å²) in [5.41, 5.74) is 2.06. The van der Waals surface area contributed by atoms with E-state index in [9.17, 15) is 24.5 Å². The number of benzene rings is 3. The minimum Gasteiger partial charge on any atom is -0.467 e. The Morgan fingerprint density at radius 2 is 1.32 bits per heavy atom. The monoisotopic (exact) mass is 505 g/mol. The van der Waals surface area contributed by atoms with Crippen molar-refractivity contribution in [1.82, 2.24) is 10.6 Å². The molecule has 0 heterocycles. The van der Waals surface area contributed by atoms with Crippen molar-refractivity contribution in [2.45, 2.75) is 31.5 Å². The molecule has 0 fully saturated rings. The van der Waals surface area contributed by atoms with Crippen molar-refractivity contribution in [1.29, 1.82) is 0 Å². The van der Waals surface area contributed by atoms with Gasteiger partial charge in [-0.05, 0) is 16.7 Å². The summed E-state index contributed by atoms with van der Waals surface area (Å²) in [7, 11) is 1.19. The van der Waals surface area contributed by atoms with Crippen molar-refractivity contribution in [2.24, 2.45) is 0 Å². The second-order valence-electron chi connectivity index (χ2n) is 8.16. The number of hydrogen-bond acceptors (Lipinski definition) is 7. The minimum absolute atomic E-state index is 0.0251. The van der Waals surface area contributed by atoms with Crippen molar-refractivity contribution >= 4 is 23.7 Å². The molecule has 3 rings (SSSR count). The van der Waals surface area contributed by atoms with Crippen LogP contribution in [-0.4, -0.2) is 42.1 Å². The number of carbonyl (C=O) groups is 3. The predicted octanol–water partition coefficient (Wildman–Crippen LogP) is 3.33. The fourth-order valence-corrected chi connectivity index (χ4v) is 3.56. The van der Waals surface area contributed by atoms with E-state index in [1.54, 1.807) is 12.1 Å². The summed E-state index contributed by atoms with van der Waals surface area (Å²) >= 11 is 0. The lowest BCUT2D eigenvalue weighted by atomic mass is 10.0. The van der Waals surface area contributed by atoms with Crippen LogP contribution in [0.2, 0.25) is 0 Å². The van der Waals surface area contributed by atoms with Crippen molar-refractivity contribution < 1.29 is 28.8 Å². The highest BCUT2D eigenvalue weighted by Crippen LogP contribution is 2.14. The molecule has 0 aliphatic heterocycles. The molecule has 10 nitrogen and oxygen atoms in total. The molecular weight excluding hydrogens is 478 g/mol. The summed E-state index contributed by atoms with van der Waals surface area (Å²) < 4.78 is 10.1. The summed E-state index contributed by atoms with van der Waals surface area (Å²) in [6.07, 6.45) is -0.601. The standard InChI is InChI=1S/C27H27N3O7/c1-36-26(32)24(17-20-12-14-22(15-13-20)30(34)35)28-25(31)23(16-19-8-4-2-5-9-19)29-27(33)37-18-21-10-6-3-7-11-21/h2-15,23-24H,16-18H2,1H3,(H,28,31)(H,29,33)/t23-,24+/m0/s1. The summed E-state index contributed by atoms with van der Waals surface area (Å²) in [5, 5.41) is 16.1. The molecule has 37 heavy (non-hydrogen) atoms. The van der Waals surface area contributed by atoms with E-state index in [2.05, 4.69) is 10.6 Å². The molecule has 0 spiro atoms. The fraction of sp³-hybridized carbons (Fsp3) is 0.222. The lowest BCUT2D eigenvalue weighted by Crippen LogP contribution is -2.53. The quantitative estimate of drug-likeness (QED) is 0.232. The molecule has 192 valence electrons. The van der Waals surface area contributed by atoms with Gasteiger partial charge in [0.25, 0.3) is 5.69 Å². The third-order valence-corrected chi connectivity index (χ3v) is 5.49. The number of hydrogen-bond donors (Lipinski definition) is 2. The Balaban J connectivity index is 1.72. The number of nitrogens with one attached hydrogen (secondary N) is 2. The third kappa shape index (κ3) is 8.46. The van der Waals surface area contributed by atoms with E-state index < -0.39 is 35.0 Å². The number of nitrogens with zero attached hydrogens (tertiary/aromatic N) is 1. The van der Waals surface area contributed by atoms with E-state index in [0.29, 0.717) is 5.56 Å². The van der Waals surface area contributed by atoms with Gasteiger partial charge >= 0.3 is 12.1 Å². The van der Waals surface area contributed by atoms with E-state index in [1.165, 1.54) is 31.4 Å². The van der Waals surface area contributed by atoms with Gasteiger partial charge < -0.3 is 20.1 Å². The van der Waals surface area contributed by atoms with Gasteiger partial charge in [0.2, 0.25) is 5.91 Å². The van der Waals surface area contributed by atoms with Gasteiger partial charge in [-0.15, -0.1) is 0 Å². The lowest BCUT2D eigenvalue weighted by molar-refractivity contribution is -0.384. The maximum absolute atomic E-state index is 13.2. The Morgan fingerprint density at radius 3 is 1.89 bits per heavy atom. The van der Waals surface area contributed by atoms with Crippen LogP contribution in [0.15, 0.2) is 84.9 Å². The topological polar surface area (TPSA) is 137 Å². The SMILES string of the molecule is COC(=O)[C@@H](Cc1ccc([N+](=O)[O-])cc1)NC(=O)[C@H](Cc1ccccc1)NC(=O)OCc1ccccc1. The number of rotatable bonds is 11. The zero-order chi connectivity index (χ0) is 26.6. The van der Waals surface area contributed by atoms with Gasteiger partial charge in [-0.25, -0.2) is 9.59 Å². The largest absolute Gasteiger partial charge is 0.467 e. The van der Waals surface area contributed by atoms with E-state index in [0.717, 1.165) is 11.1 Å². The number of nitro groups is 1. The van der Waals surface area contributed by atoms with E-state index in [1.807, 2.05) is 48.5 Å². The Bertz CT molecular complexity index is 1200. The van der Waals surface area contributed by atoms with Gasteiger partial charge in [0.15, 0.2) is 0 Å². The third-order valence-electron chi connectivity index (χ3n) is 5.49. The first-order chi connectivity index (χ1) is 17.9. The van der Waals surface area contributed by atoms with Crippen LogP contribution in [-0.2, 0) is 38.5 Å². The maximum atomic E-state index is 13.2. The zero-order valence-corrected chi connectivity index (χ0v) is 20.2. The van der Waals surface area contributed by atoms with Gasteiger partial charge in [0, 0.05) is 25.0 Å². The van der Waals surface area contributed by atoms with Gasteiger partial charge in [0.1, 0.15) is 18.7 Å². The minimum atomic E-state index is -1.08. The molecule has 0 saturated carbocycles. The van der Waals surface area contributed by atoms with Crippen molar-refractivity contribution in [2.75, 3.05) is 7.11 Å². The first-order valence-electron chi connectivity index (χ1n) is 11.5. The number of methoxy groups -OCH3 is 1. The molecule has 3 aromatic rings. The van der Waals surface area contributed by atoms with Crippen LogP contribution in [0.5, 0.6) is 0 Å². The first kappa shape index (κ1) is 26.9. The van der Waals surface area contributed by atoms with Crippen LogP contribution in [0.3, 0.4) is 0 Å². The van der Waals surface area contributed by atoms with Crippen molar-refractivity contribution in [3.05, 3.63) is 112 Å². The Kier molecular flexibility index (Phi) is 9.72. The molecule has 0 aromatic heterocycles. The molecule has 0 bridgehead atoms. The Labute approximate surface area is 213 Å². The highest BCUT2D eigenvalue weighted by atomic mass is 16.6. The van der Waals surface area contributed by atoms with Gasteiger partial charge in [-0.1, -0.05) is 72.8 Å². The van der Waals surface area contributed by atoms with E-state index in [-0.39, 0.29) is 25.1 Å². The summed E-state index contributed by atoms with van der Waals surface area (Å²) in [6, 6.07) is 21.7. The van der Waals surface area contributed by atoms with Crippen LogP contribution in [0, 0.1) is 10.1 Å². The van der Waals surface area contributed by atoms with Crippen LogP contribution < -0.4 is 10.6 Å². The molecule has 0 aliphatic carbocycles. The van der Waals surface area contributed by atoms with Crippen molar-refractivity contribution in [3.63, 3.8) is 0 Å². The molecule has 0 unspecified atom stereocenters. The average molecular weight is 506 g/mol. The van der Waals surface area contributed by atoms with Crippen LogP contribution in [0.1, 0.15) is 16.7 Å². The number of ether oxygens (including phenoxy) is 2. The number of alkyl carbamates (subject to hydrolysis) is 1. The predicted molar refractivity (Wildman–Crippen MR) is 134 cm³/mol. The molecule has 2 amide bonds. The number of nitro benzene ring substituents is 1. The molecule has 10 heteroatoms. The van der Waals surface area contributed by atoms with Gasteiger partial charge in [-0.3, -0.25) is 14.9 Å². The first-order valence-corrected chi connectivity index (χ1v) is 11.5. The second kappa shape index (κ2) is 13.4. The number of amides is 2. The van der Waals surface area contributed by atoms with Gasteiger partial charge in [0.05, 0.1) is 12.0 Å². The summed E-state index contributed by atoms with van der Waals surface area (Å²) in [5.74, 6) is -1.31. The molecule has 0 saturated heterocycles. The fourth-order valence-electron chi connectivity index (χ4n) is 3.56. The number of non-ortho nitro benzene ring substituents is 1. The van der Waals surface area contributed by atoms with Crippen LogP contribution >= 0.6 is 0 Å². The normalized spacial score (nSPS) is 12.0. The van der Waals surface area contributed by atoms with Crippen LogP contribution in [0.25, 0.3) is 0 Å². The second-order valence-corrected chi connectivity index (χ2v) is 8.16. The number of esters is 1. The number of carbonyl (C=O) groups excluding carboxylic acids is 3. The van der Waals surface area contributed by atoms with Crippen LogP contribution in [0.4, 0.5) is 10.5 Å². The molecular formula is C27H27N3O7. The highest BCUT2D eigenvalue weighted by molar-refractivity contribution is 5.90. The molecule has 2 atom stereocenters. The molecule has 0 aliphatic rings. The Hall–Kier alpha value is -4.73. The van der Waals surface area contributed by atoms with E-state index >= 15 is 0 Å². The maximum Gasteiger partial charge on any atom is 0.408 e. The smallest absolute Gasteiger partial charge is 0.408 e. The summed E-state index contributed by atoms with van der Waals surface area (Å²) in [6.45, 7) is 0.0251.